The van der Waals surface area contributed by atoms with Crippen molar-refractivity contribution in [1.29, 1.82) is 5.26 Å². The Labute approximate surface area is 211 Å². The molecule has 0 saturated carbocycles. The van der Waals surface area contributed by atoms with Gasteiger partial charge in [0.2, 0.25) is 5.95 Å². The van der Waals surface area contributed by atoms with Gasteiger partial charge in [-0.2, -0.15) is 5.26 Å². The monoisotopic (exact) mass is 487 g/mol. The van der Waals surface area contributed by atoms with Gasteiger partial charge in [0.15, 0.2) is 0 Å². The number of rotatable bonds is 6. The van der Waals surface area contributed by atoms with E-state index >= 15 is 0 Å². The Morgan fingerprint density at radius 1 is 1.09 bits per heavy atom. The topological polar surface area (TPSA) is 74.1 Å². The summed E-state index contributed by atoms with van der Waals surface area (Å²) >= 11 is 6.24. The Bertz CT molecular complexity index is 1240. The van der Waals surface area contributed by atoms with Crippen LogP contribution >= 0.6 is 11.6 Å². The van der Waals surface area contributed by atoms with Gasteiger partial charge in [-0.25, -0.2) is 9.97 Å². The van der Waals surface area contributed by atoms with Crippen LogP contribution in [0.15, 0.2) is 54.7 Å². The number of piperidine rings is 1. The number of benzene rings is 2. The van der Waals surface area contributed by atoms with Crippen molar-refractivity contribution in [2.75, 3.05) is 31.1 Å². The average Bonchev–Trinajstić information content (AvgIpc) is 2.86. The number of halogens is 1. The first-order valence-corrected chi connectivity index (χ1v) is 12.5. The number of ether oxygens (including phenoxy) is 1. The second kappa shape index (κ2) is 9.49. The number of aromatic nitrogens is 2. The highest BCUT2D eigenvalue weighted by Gasteiger charge is 2.44. The lowest BCUT2D eigenvalue weighted by atomic mass is 9.72. The van der Waals surface area contributed by atoms with Crippen LogP contribution < -0.4 is 15.0 Å². The molecular weight excluding hydrogens is 458 g/mol. The molecule has 1 N–H and O–H groups in total. The Balaban J connectivity index is 1.22. The molecule has 0 amide bonds. The summed E-state index contributed by atoms with van der Waals surface area (Å²) in [5.74, 6) is 1.58. The molecule has 2 aliphatic heterocycles. The zero-order chi connectivity index (χ0) is 24.5. The maximum Gasteiger partial charge on any atom is 0.225 e. The van der Waals surface area contributed by atoms with Crippen LogP contribution in [0.3, 0.4) is 0 Å². The van der Waals surface area contributed by atoms with E-state index in [0.29, 0.717) is 22.6 Å². The summed E-state index contributed by atoms with van der Waals surface area (Å²) in [6.07, 6.45) is 4.28. The maximum absolute atomic E-state index is 9.30. The van der Waals surface area contributed by atoms with Gasteiger partial charge in [-0.3, -0.25) is 0 Å². The van der Waals surface area contributed by atoms with E-state index < -0.39 is 0 Å². The Morgan fingerprint density at radius 2 is 1.83 bits per heavy atom. The zero-order valence-electron chi connectivity index (χ0n) is 20.2. The van der Waals surface area contributed by atoms with E-state index in [1.165, 1.54) is 12.8 Å². The lowest BCUT2D eigenvalue weighted by Crippen LogP contribution is -2.60. The third-order valence-electron chi connectivity index (χ3n) is 7.41. The van der Waals surface area contributed by atoms with Crippen LogP contribution in [0.4, 0.5) is 5.95 Å². The molecule has 7 heteroatoms. The molecule has 1 spiro atoms. The van der Waals surface area contributed by atoms with Crippen molar-refractivity contribution in [2.24, 2.45) is 5.41 Å². The fraction of sp³-hybridized carbons (Fsp3) is 0.393. The number of hydrogen-bond donors (Lipinski definition) is 1. The molecule has 180 valence electrons. The highest BCUT2D eigenvalue weighted by atomic mass is 35.5. The molecule has 2 saturated heterocycles. The van der Waals surface area contributed by atoms with Crippen LogP contribution in [0.2, 0.25) is 5.02 Å². The Hall–Kier alpha value is -3.14. The summed E-state index contributed by atoms with van der Waals surface area (Å²) in [7, 11) is 0. The lowest BCUT2D eigenvalue weighted by molar-refractivity contribution is 0.148. The normalized spacial score (nSPS) is 17.0. The minimum Gasteiger partial charge on any atom is -0.487 e. The van der Waals surface area contributed by atoms with Gasteiger partial charge in [0.1, 0.15) is 12.4 Å². The van der Waals surface area contributed by atoms with E-state index in [1.54, 1.807) is 6.07 Å². The van der Waals surface area contributed by atoms with E-state index in [1.807, 2.05) is 36.5 Å². The van der Waals surface area contributed by atoms with Gasteiger partial charge in [0, 0.05) is 35.1 Å². The van der Waals surface area contributed by atoms with Crippen LogP contribution in [0.25, 0.3) is 0 Å². The molecule has 2 aromatic carbocycles. The SMILES string of the molecule is CC(C)(c1ccc(OCc2ccnc(N3CC4(CCNCC4)C3)n2)cc1)c1cc(Cl)cc(C#N)c1. The fourth-order valence-corrected chi connectivity index (χ4v) is 5.34. The van der Waals surface area contributed by atoms with Crippen molar-refractivity contribution in [3.63, 3.8) is 0 Å². The van der Waals surface area contributed by atoms with E-state index in [4.69, 9.17) is 21.3 Å². The standard InChI is InChI=1S/C28H30ClN5O/c1-27(2,22-13-20(16-30)14-23(29)15-22)21-3-5-25(6-4-21)35-17-24-7-10-32-26(33-24)34-18-28(19-34)8-11-31-12-9-28/h3-7,10,13-15,31H,8-9,11-12,17-19H2,1-2H3. The van der Waals surface area contributed by atoms with Gasteiger partial charge in [-0.05, 0) is 73.5 Å². The average molecular weight is 488 g/mol. The highest BCUT2D eigenvalue weighted by Crippen LogP contribution is 2.40. The molecule has 0 radical (unpaired) electrons. The van der Waals surface area contributed by atoms with Crippen LogP contribution in [-0.4, -0.2) is 36.1 Å². The van der Waals surface area contributed by atoms with Crippen LogP contribution in [0.1, 0.15) is 49.1 Å². The quantitative estimate of drug-likeness (QED) is 0.521. The lowest BCUT2D eigenvalue weighted by Gasteiger charge is -2.52. The molecule has 3 aromatic rings. The third-order valence-corrected chi connectivity index (χ3v) is 7.63. The first-order valence-electron chi connectivity index (χ1n) is 12.1. The van der Waals surface area contributed by atoms with Crippen molar-refractivity contribution in [3.05, 3.63) is 82.1 Å². The molecule has 2 fully saturated rings. The number of nitriles is 1. The minimum atomic E-state index is -0.306. The van der Waals surface area contributed by atoms with Gasteiger partial charge in [0.25, 0.3) is 0 Å². The largest absolute Gasteiger partial charge is 0.487 e. The van der Waals surface area contributed by atoms with E-state index in [2.05, 4.69) is 47.3 Å². The number of nitrogens with zero attached hydrogens (tertiary/aromatic N) is 4. The van der Waals surface area contributed by atoms with Gasteiger partial charge < -0.3 is 15.0 Å². The summed E-state index contributed by atoms with van der Waals surface area (Å²) in [6.45, 7) is 8.94. The summed E-state index contributed by atoms with van der Waals surface area (Å²) in [4.78, 5) is 11.5. The molecule has 0 aliphatic carbocycles. The third kappa shape index (κ3) is 4.98. The molecule has 3 heterocycles. The molecule has 2 aliphatic rings. The molecular formula is C28H30ClN5O. The predicted octanol–water partition coefficient (Wildman–Crippen LogP) is 5.10. The summed E-state index contributed by atoms with van der Waals surface area (Å²) < 4.78 is 6.04. The van der Waals surface area contributed by atoms with Crippen LogP contribution in [0.5, 0.6) is 5.75 Å². The van der Waals surface area contributed by atoms with Crippen molar-refractivity contribution in [3.8, 4) is 11.8 Å². The molecule has 1 aromatic heterocycles. The fourth-order valence-electron chi connectivity index (χ4n) is 5.10. The number of nitrogens with one attached hydrogen (secondary N) is 1. The molecule has 0 bridgehead atoms. The maximum atomic E-state index is 9.30. The summed E-state index contributed by atoms with van der Waals surface area (Å²) in [5, 5.41) is 13.3. The van der Waals surface area contributed by atoms with Crippen molar-refractivity contribution in [2.45, 2.75) is 38.7 Å². The molecule has 5 rings (SSSR count). The second-order valence-electron chi connectivity index (χ2n) is 10.2. The summed E-state index contributed by atoms with van der Waals surface area (Å²) in [5.41, 5.74) is 3.69. The van der Waals surface area contributed by atoms with Gasteiger partial charge >= 0.3 is 0 Å². The molecule has 0 unspecified atom stereocenters. The molecule has 6 nitrogen and oxygen atoms in total. The first kappa shape index (κ1) is 23.6. The predicted molar refractivity (Wildman–Crippen MR) is 138 cm³/mol. The number of anilines is 1. The Morgan fingerprint density at radius 3 is 2.54 bits per heavy atom. The zero-order valence-corrected chi connectivity index (χ0v) is 21.0. The first-order chi connectivity index (χ1) is 16.9. The molecule has 35 heavy (non-hydrogen) atoms. The van der Waals surface area contributed by atoms with Crippen molar-refractivity contribution in [1.82, 2.24) is 15.3 Å². The smallest absolute Gasteiger partial charge is 0.225 e. The van der Waals surface area contributed by atoms with E-state index in [-0.39, 0.29) is 5.41 Å². The van der Waals surface area contributed by atoms with Crippen LogP contribution in [-0.2, 0) is 12.0 Å². The van der Waals surface area contributed by atoms with E-state index in [0.717, 1.165) is 54.7 Å². The van der Waals surface area contributed by atoms with Gasteiger partial charge in [-0.1, -0.05) is 37.6 Å². The van der Waals surface area contributed by atoms with Gasteiger partial charge in [0.05, 0.1) is 17.3 Å². The minimum absolute atomic E-state index is 0.306. The van der Waals surface area contributed by atoms with E-state index in [9.17, 15) is 5.26 Å². The van der Waals surface area contributed by atoms with Crippen molar-refractivity contribution >= 4 is 17.5 Å². The highest BCUT2D eigenvalue weighted by molar-refractivity contribution is 6.30. The van der Waals surface area contributed by atoms with Gasteiger partial charge in [-0.15, -0.1) is 0 Å². The van der Waals surface area contributed by atoms with Crippen LogP contribution in [0, 0.1) is 16.7 Å². The number of hydrogen-bond acceptors (Lipinski definition) is 6. The second-order valence-corrected chi connectivity index (χ2v) is 10.7. The van der Waals surface area contributed by atoms with Crippen molar-refractivity contribution < 1.29 is 4.74 Å². The summed E-state index contributed by atoms with van der Waals surface area (Å²) in [6, 6.07) is 17.7. The molecule has 0 atom stereocenters. The Kier molecular flexibility index (Phi) is 6.39.